The maximum absolute atomic E-state index is 13.2. The highest BCUT2D eigenvalue weighted by molar-refractivity contribution is 5.83. The fourth-order valence-corrected chi connectivity index (χ4v) is 3.33. The Labute approximate surface area is 164 Å². The van der Waals surface area contributed by atoms with Gasteiger partial charge in [0.25, 0.3) is 6.02 Å². The van der Waals surface area contributed by atoms with Crippen molar-refractivity contribution in [1.29, 1.82) is 0 Å². The van der Waals surface area contributed by atoms with E-state index in [-0.39, 0.29) is 5.82 Å². The average Bonchev–Trinajstić information content (AvgIpc) is 3.38. The molecule has 4 rings (SSSR count). The van der Waals surface area contributed by atoms with Gasteiger partial charge >= 0.3 is 0 Å². The van der Waals surface area contributed by atoms with Gasteiger partial charge in [0, 0.05) is 30.9 Å². The molecule has 0 bridgehead atoms. The van der Waals surface area contributed by atoms with Crippen molar-refractivity contribution in [3.05, 3.63) is 60.5 Å². The highest BCUT2D eigenvalue weighted by Gasteiger charge is 2.12. The van der Waals surface area contributed by atoms with E-state index in [1.165, 1.54) is 12.1 Å². The number of hydrogen-bond acceptors (Lipinski definition) is 4. The molecule has 0 atom stereocenters. The number of hydrogen-bond donors (Lipinski definition) is 0. The number of amidine groups is 1. The van der Waals surface area contributed by atoms with Crippen LogP contribution in [-0.4, -0.2) is 48.8 Å². The summed E-state index contributed by atoms with van der Waals surface area (Å²) in [5.74, 6) is 0.632. The molecule has 0 amide bonds. The van der Waals surface area contributed by atoms with Gasteiger partial charge in [0.05, 0.1) is 18.7 Å². The van der Waals surface area contributed by atoms with Gasteiger partial charge in [0.15, 0.2) is 0 Å². The third kappa shape index (κ3) is 4.11. The Morgan fingerprint density at radius 3 is 2.79 bits per heavy atom. The first-order chi connectivity index (χ1) is 13.7. The van der Waals surface area contributed by atoms with Crippen molar-refractivity contribution in [2.45, 2.75) is 12.8 Å². The van der Waals surface area contributed by atoms with Crippen molar-refractivity contribution in [2.75, 3.05) is 33.4 Å². The van der Waals surface area contributed by atoms with Crippen LogP contribution in [0.5, 0.6) is 5.75 Å². The Balaban J connectivity index is 1.31. The number of fused-ring (bicyclic) bond motifs is 1. The Hall–Kier alpha value is -3.02. The van der Waals surface area contributed by atoms with E-state index < -0.39 is 0 Å². The van der Waals surface area contributed by atoms with Crippen LogP contribution in [0, 0.1) is 5.82 Å². The molecule has 0 saturated heterocycles. The van der Waals surface area contributed by atoms with Crippen LogP contribution in [0.3, 0.4) is 0 Å². The molecule has 0 unspecified atom stereocenters. The highest BCUT2D eigenvalue weighted by atomic mass is 19.1. The van der Waals surface area contributed by atoms with E-state index in [1.54, 1.807) is 12.1 Å². The van der Waals surface area contributed by atoms with E-state index in [9.17, 15) is 4.39 Å². The summed E-state index contributed by atoms with van der Waals surface area (Å²) in [5.41, 5.74) is 2.00. The molecule has 2 aromatic carbocycles. The molecule has 1 aliphatic rings. The molecule has 0 N–H and O–H groups in total. The zero-order valence-electron chi connectivity index (χ0n) is 16.0. The lowest BCUT2D eigenvalue weighted by Crippen LogP contribution is -2.28. The number of ether oxygens (including phenoxy) is 2. The monoisotopic (exact) mass is 381 g/mol. The van der Waals surface area contributed by atoms with E-state index in [4.69, 9.17) is 9.47 Å². The van der Waals surface area contributed by atoms with Crippen LogP contribution in [0.1, 0.15) is 12.8 Å². The molecule has 0 fully saturated rings. The minimum absolute atomic E-state index is 0.231. The van der Waals surface area contributed by atoms with Crippen LogP contribution in [0.15, 0.2) is 59.7 Å². The smallest absolute Gasteiger partial charge is 0.287 e. The van der Waals surface area contributed by atoms with E-state index >= 15 is 0 Å². The van der Waals surface area contributed by atoms with Crippen LogP contribution < -0.4 is 4.74 Å². The largest absolute Gasteiger partial charge is 0.494 e. The first kappa shape index (κ1) is 18.3. The minimum Gasteiger partial charge on any atom is -0.494 e. The molecular weight excluding hydrogens is 357 g/mol. The summed E-state index contributed by atoms with van der Waals surface area (Å²) in [5, 5.41) is 1.10. The summed E-state index contributed by atoms with van der Waals surface area (Å²) in [6.07, 6.45) is 3.97. The number of halogens is 1. The van der Waals surface area contributed by atoms with E-state index in [1.807, 2.05) is 42.1 Å². The van der Waals surface area contributed by atoms with E-state index in [0.29, 0.717) is 13.2 Å². The molecule has 0 saturated carbocycles. The molecule has 2 heterocycles. The van der Waals surface area contributed by atoms with Crippen LogP contribution in [0.2, 0.25) is 0 Å². The predicted molar refractivity (Wildman–Crippen MR) is 109 cm³/mol. The van der Waals surface area contributed by atoms with Gasteiger partial charge in [-0.15, -0.1) is 0 Å². The van der Waals surface area contributed by atoms with Gasteiger partial charge in [-0.1, -0.05) is 0 Å². The van der Waals surface area contributed by atoms with Crippen molar-refractivity contribution < 1.29 is 13.9 Å². The van der Waals surface area contributed by atoms with Crippen molar-refractivity contribution in [3.8, 4) is 11.4 Å². The zero-order valence-corrected chi connectivity index (χ0v) is 16.0. The number of rotatable bonds is 7. The lowest BCUT2D eigenvalue weighted by molar-refractivity contribution is 0.269. The number of aliphatic imine (C=N–C) groups is 1. The number of unbranched alkanes of at least 4 members (excludes halogenated alkanes) is 1. The highest BCUT2D eigenvalue weighted by Crippen LogP contribution is 2.25. The van der Waals surface area contributed by atoms with E-state index in [0.717, 1.165) is 54.3 Å². The maximum Gasteiger partial charge on any atom is 0.287 e. The molecule has 5 nitrogen and oxygen atoms in total. The number of benzene rings is 2. The molecule has 1 aromatic heterocycles. The fraction of sp³-hybridized carbons (Fsp3) is 0.318. The third-order valence-corrected chi connectivity index (χ3v) is 4.82. The Kier molecular flexibility index (Phi) is 5.46. The second-order valence-electron chi connectivity index (χ2n) is 6.87. The molecule has 1 aliphatic heterocycles. The Bertz CT molecular complexity index is 966. The number of nitrogens with zero attached hydrogens (tertiary/aromatic N) is 3. The van der Waals surface area contributed by atoms with Crippen molar-refractivity contribution in [3.63, 3.8) is 0 Å². The van der Waals surface area contributed by atoms with Gasteiger partial charge < -0.3 is 18.9 Å². The Morgan fingerprint density at radius 2 is 2.00 bits per heavy atom. The minimum atomic E-state index is -0.231. The summed E-state index contributed by atoms with van der Waals surface area (Å²) in [6, 6.07) is 15.4. The molecule has 3 aromatic rings. The fourth-order valence-electron chi connectivity index (χ4n) is 3.33. The van der Waals surface area contributed by atoms with Crippen LogP contribution in [0.4, 0.5) is 4.39 Å². The van der Waals surface area contributed by atoms with Crippen molar-refractivity contribution in [2.24, 2.45) is 4.99 Å². The van der Waals surface area contributed by atoms with Crippen LogP contribution in [0.25, 0.3) is 16.6 Å². The van der Waals surface area contributed by atoms with Gasteiger partial charge in [0.1, 0.15) is 18.2 Å². The summed E-state index contributed by atoms with van der Waals surface area (Å²) >= 11 is 0. The van der Waals surface area contributed by atoms with E-state index in [2.05, 4.69) is 9.89 Å². The topological polar surface area (TPSA) is 39.0 Å². The molecule has 0 radical (unpaired) electrons. The summed E-state index contributed by atoms with van der Waals surface area (Å²) < 4.78 is 26.6. The normalized spacial score (nSPS) is 13.4. The van der Waals surface area contributed by atoms with Gasteiger partial charge in [0.2, 0.25) is 0 Å². The zero-order chi connectivity index (χ0) is 19.3. The first-order valence-corrected chi connectivity index (χ1v) is 9.59. The molecule has 6 heteroatoms. The summed E-state index contributed by atoms with van der Waals surface area (Å²) in [6.45, 7) is 3.02. The second-order valence-corrected chi connectivity index (χ2v) is 6.87. The maximum atomic E-state index is 13.2. The van der Waals surface area contributed by atoms with Gasteiger partial charge in [-0.25, -0.2) is 9.38 Å². The molecule has 28 heavy (non-hydrogen) atoms. The predicted octanol–water partition coefficient (Wildman–Crippen LogP) is 4.25. The molecule has 146 valence electrons. The first-order valence-electron chi connectivity index (χ1n) is 9.59. The van der Waals surface area contributed by atoms with Crippen molar-refractivity contribution >= 4 is 16.9 Å². The SMILES string of the molecule is CN(CCCCOc1ccc2c(ccn2-c2ccc(F)cc2)c1)C1=NCCO1. The quantitative estimate of drug-likeness (QED) is 0.575. The summed E-state index contributed by atoms with van der Waals surface area (Å²) in [4.78, 5) is 6.36. The second kappa shape index (κ2) is 8.33. The molecule has 0 aliphatic carbocycles. The standard InChI is InChI=1S/C22H24FN3O2/c1-25(22-24-11-15-28-22)12-2-3-14-27-20-8-9-21-17(16-20)10-13-26(21)19-6-4-18(23)5-7-19/h4-10,13,16H,2-3,11-12,14-15H2,1H3. The van der Waals surface area contributed by atoms with Crippen LogP contribution in [-0.2, 0) is 4.74 Å². The van der Waals surface area contributed by atoms with Gasteiger partial charge in [-0.3, -0.25) is 0 Å². The Morgan fingerprint density at radius 1 is 1.14 bits per heavy atom. The average molecular weight is 381 g/mol. The number of aromatic nitrogens is 1. The van der Waals surface area contributed by atoms with Crippen molar-refractivity contribution in [1.82, 2.24) is 9.47 Å². The summed E-state index contributed by atoms with van der Waals surface area (Å²) in [7, 11) is 2.00. The van der Waals surface area contributed by atoms with Crippen LogP contribution >= 0.6 is 0 Å². The molecular formula is C22H24FN3O2. The molecule has 0 spiro atoms. The lowest BCUT2D eigenvalue weighted by Gasteiger charge is -2.17. The third-order valence-electron chi connectivity index (χ3n) is 4.82. The van der Waals surface area contributed by atoms with Gasteiger partial charge in [-0.05, 0) is 61.4 Å². The van der Waals surface area contributed by atoms with Gasteiger partial charge in [-0.2, -0.15) is 0 Å². The lowest BCUT2D eigenvalue weighted by atomic mass is 10.2.